The van der Waals surface area contributed by atoms with Crippen LogP contribution in [0.4, 0.5) is 5.69 Å². The summed E-state index contributed by atoms with van der Waals surface area (Å²) in [5.74, 6) is 0. The van der Waals surface area contributed by atoms with Crippen LogP contribution in [0.2, 0.25) is 0 Å². The van der Waals surface area contributed by atoms with Crippen molar-refractivity contribution in [1.29, 1.82) is 0 Å². The number of nitrogens with one attached hydrogen (secondary N) is 1. The van der Waals surface area contributed by atoms with Gasteiger partial charge in [0.1, 0.15) is 11.2 Å². The lowest BCUT2D eigenvalue weighted by atomic mass is 9.88. The molecule has 0 spiro atoms. The summed E-state index contributed by atoms with van der Waals surface area (Å²) >= 11 is 0. The number of para-hydroxylation sites is 2. The first-order valence-corrected chi connectivity index (χ1v) is 14.3. The van der Waals surface area contributed by atoms with Gasteiger partial charge in [0.2, 0.25) is 0 Å². The van der Waals surface area contributed by atoms with E-state index < -0.39 is 0 Å². The molecule has 2 heteroatoms. The van der Waals surface area contributed by atoms with Gasteiger partial charge in [-0.1, -0.05) is 134 Å². The predicted octanol–water partition coefficient (Wildman–Crippen LogP) is 11.0. The van der Waals surface area contributed by atoms with Gasteiger partial charge in [0.15, 0.2) is 0 Å². The third-order valence-corrected chi connectivity index (χ3v) is 8.05. The molecule has 2 nitrogen and oxygen atoms in total. The zero-order valence-corrected chi connectivity index (χ0v) is 23.6. The van der Waals surface area contributed by atoms with Crippen molar-refractivity contribution in [3.63, 3.8) is 0 Å². The number of hydrogen-bond acceptors (Lipinski definition) is 2. The van der Waals surface area contributed by atoms with E-state index in [-0.39, 0.29) is 5.54 Å². The Hall–Kier alpha value is -5.30. The Morgan fingerprint density at radius 3 is 1.98 bits per heavy atom. The summed E-state index contributed by atoms with van der Waals surface area (Å²) in [6.07, 6.45) is 9.40. The molecule has 0 saturated carbocycles. The lowest BCUT2D eigenvalue weighted by molar-refractivity contribution is 0.638. The van der Waals surface area contributed by atoms with Crippen LogP contribution in [0, 0.1) is 0 Å². The second-order valence-electron chi connectivity index (χ2n) is 11.1. The van der Waals surface area contributed by atoms with Crippen molar-refractivity contribution in [3.8, 4) is 33.4 Å². The molecule has 1 aromatic heterocycles. The normalized spacial score (nSPS) is 16.3. The summed E-state index contributed by atoms with van der Waals surface area (Å²) in [4.78, 5) is 0. The highest BCUT2D eigenvalue weighted by molar-refractivity contribution is 6.13. The number of benzene rings is 5. The summed E-state index contributed by atoms with van der Waals surface area (Å²) in [5, 5.41) is 6.15. The summed E-state index contributed by atoms with van der Waals surface area (Å²) in [7, 11) is 0. The van der Waals surface area contributed by atoms with Gasteiger partial charge < -0.3 is 9.73 Å². The van der Waals surface area contributed by atoms with Crippen LogP contribution in [0.3, 0.4) is 0 Å². The summed E-state index contributed by atoms with van der Waals surface area (Å²) < 4.78 is 6.73. The molecule has 0 radical (unpaired) electrons. The summed E-state index contributed by atoms with van der Waals surface area (Å²) in [6, 6.07) is 40.6. The molecule has 7 rings (SSSR count). The molecule has 1 atom stereocenters. The zero-order chi connectivity index (χ0) is 28.5. The Kier molecular flexibility index (Phi) is 6.47. The van der Waals surface area contributed by atoms with E-state index in [1.54, 1.807) is 0 Å². The summed E-state index contributed by atoms with van der Waals surface area (Å²) in [5.41, 5.74) is 13.4. The topological polar surface area (TPSA) is 25.2 Å². The second kappa shape index (κ2) is 10.6. The SMILES string of the molecule is C=C=CC1=CC(C)(Nc2cc(-c3cccc4c3oc3c(-c5ccccc5)cccc34)ccc2-c2ccccc2)CC=C1. The molecule has 0 aliphatic heterocycles. The van der Waals surface area contributed by atoms with Crippen LogP contribution >= 0.6 is 0 Å². The molecule has 1 heterocycles. The number of anilines is 1. The number of fused-ring (bicyclic) bond motifs is 3. The quantitative estimate of drug-likeness (QED) is 0.212. The van der Waals surface area contributed by atoms with Gasteiger partial charge in [-0.05, 0) is 47.8 Å². The van der Waals surface area contributed by atoms with Crippen LogP contribution in [-0.2, 0) is 0 Å². The highest BCUT2D eigenvalue weighted by atomic mass is 16.3. The highest BCUT2D eigenvalue weighted by Gasteiger charge is 2.25. The van der Waals surface area contributed by atoms with Crippen molar-refractivity contribution in [2.75, 3.05) is 5.32 Å². The molecule has 1 aliphatic rings. The fraction of sp³-hybridized carbons (Fsp3) is 0.0750. The minimum absolute atomic E-state index is 0.268. The van der Waals surface area contributed by atoms with Crippen LogP contribution in [-0.4, -0.2) is 5.54 Å². The van der Waals surface area contributed by atoms with Crippen molar-refractivity contribution >= 4 is 27.6 Å². The lowest BCUT2D eigenvalue weighted by Crippen LogP contribution is -2.33. The molecule has 1 N–H and O–H groups in total. The molecular formula is C40H31NO. The first-order valence-electron chi connectivity index (χ1n) is 14.3. The maximum Gasteiger partial charge on any atom is 0.143 e. The van der Waals surface area contributed by atoms with Gasteiger partial charge >= 0.3 is 0 Å². The zero-order valence-electron chi connectivity index (χ0n) is 23.6. The monoisotopic (exact) mass is 541 g/mol. The number of hydrogen-bond donors (Lipinski definition) is 1. The van der Waals surface area contributed by atoms with E-state index in [2.05, 4.69) is 152 Å². The van der Waals surface area contributed by atoms with Crippen molar-refractivity contribution < 1.29 is 4.42 Å². The maximum atomic E-state index is 6.73. The minimum Gasteiger partial charge on any atom is -0.455 e. The Labute approximate surface area is 246 Å². The van der Waals surface area contributed by atoms with Crippen LogP contribution in [0.1, 0.15) is 13.3 Å². The van der Waals surface area contributed by atoms with Gasteiger partial charge in [0.05, 0.1) is 5.54 Å². The Bertz CT molecular complexity index is 2040. The Morgan fingerprint density at radius 2 is 1.33 bits per heavy atom. The van der Waals surface area contributed by atoms with Gasteiger partial charge in [-0.15, -0.1) is 5.73 Å². The second-order valence-corrected chi connectivity index (χ2v) is 11.1. The highest BCUT2D eigenvalue weighted by Crippen LogP contribution is 2.42. The van der Waals surface area contributed by atoms with E-state index in [0.29, 0.717) is 0 Å². The summed E-state index contributed by atoms with van der Waals surface area (Å²) in [6.45, 7) is 6.00. The van der Waals surface area contributed by atoms with Gasteiger partial charge in [-0.25, -0.2) is 0 Å². The van der Waals surface area contributed by atoms with E-state index in [9.17, 15) is 0 Å². The third-order valence-electron chi connectivity index (χ3n) is 8.05. The van der Waals surface area contributed by atoms with E-state index >= 15 is 0 Å². The van der Waals surface area contributed by atoms with Crippen molar-refractivity contribution in [2.45, 2.75) is 18.9 Å². The Balaban J connectivity index is 1.39. The fourth-order valence-corrected chi connectivity index (χ4v) is 6.09. The van der Waals surface area contributed by atoms with Crippen LogP contribution in [0.5, 0.6) is 0 Å². The van der Waals surface area contributed by atoms with Crippen molar-refractivity contribution in [3.05, 3.63) is 157 Å². The average molecular weight is 542 g/mol. The van der Waals surface area contributed by atoms with E-state index in [1.807, 2.05) is 12.1 Å². The Morgan fingerprint density at radius 1 is 0.714 bits per heavy atom. The molecule has 42 heavy (non-hydrogen) atoms. The molecule has 1 unspecified atom stereocenters. The maximum absolute atomic E-state index is 6.73. The third kappa shape index (κ3) is 4.69. The van der Waals surface area contributed by atoms with Gasteiger partial charge in [-0.2, -0.15) is 0 Å². The number of allylic oxidation sites excluding steroid dienone is 3. The fourth-order valence-electron chi connectivity index (χ4n) is 6.09. The van der Waals surface area contributed by atoms with Gasteiger partial charge in [0.25, 0.3) is 0 Å². The van der Waals surface area contributed by atoms with E-state index in [0.717, 1.165) is 67.4 Å². The smallest absolute Gasteiger partial charge is 0.143 e. The standard InChI is InChI=1S/C40H31NO/c1-3-13-28-14-12-25-40(2,27-28)41-37-26-31(23-24-32(37)29-15-6-4-7-16-29)34-20-11-22-36-35-21-10-19-33(38(35)42-39(34)36)30-17-8-5-9-18-30/h4-24,26-27,41H,1,25H2,2H3. The van der Waals surface area contributed by atoms with Crippen LogP contribution < -0.4 is 5.32 Å². The van der Waals surface area contributed by atoms with Crippen LogP contribution in [0.25, 0.3) is 55.3 Å². The molecule has 0 bridgehead atoms. The number of rotatable bonds is 6. The van der Waals surface area contributed by atoms with E-state index in [4.69, 9.17) is 4.42 Å². The average Bonchev–Trinajstić information content (AvgIpc) is 3.41. The molecule has 1 aliphatic carbocycles. The first kappa shape index (κ1) is 25.7. The molecule has 6 aromatic rings. The minimum atomic E-state index is -0.268. The number of furan rings is 1. The molecule has 5 aromatic carbocycles. The molecule has 0 saturated heterocycles. The van der Waals surface area contributed by atoms with Crippen molar-refractivity contribution in [1.82, 2.24) is 0 Å². The predicted molar refractivity (Wildman–Crippen MR) is 178 cm³/mol. The van der Waals surface area contributed by atoms with E-state index in [1.165, 1.54) is 5.56 Å². The van der Waals surface area contributed by atoms with Gasteiger partial charge in [0, 0.05) is 33.2 Å². The largest absolute Gasteiger partial charge is 0.455 e. The first-order chi connectivity index (χ1) is 20.6. The lowest BCUT2D eigenvalue weighted by Gasteiger charge is -2.32. The molecule has 202 valence electrons. The molecule has 0 fully saturated rings. The molecule has 0 amide bonds. The van der Waals surface area contributed by atoms with Crippen molar-refractivity contribution in [2.24, 2.45) is 0 Å². The van der Waals surface area contributed by atoms with Crippen LogP contribution in [0.15, 0.2) is 162 Å². The van der Waals surface area contributed by atoms with Gasteiger partial charge in [-0.3, -0.25) is 0 Å². The molecular weight excluding hydrogens is 510 g/mol.